The van der Waals surface area contributed by atoms with Crippen LogP contribution in [0, 0.1) is 0 Å². The average Bonchev–Trinajstić information content (AvgIpc) is 3.45. The molecule has 2 aromatic carbocycles. The van der Waals surface area contributed by atoms with Crippen molar-refractivity contribution in [2.75, 3.05) is 5.75 Å². The molecule has 0 spiro atoms. The van der Waals surface area contributed by atoms with Crippen molar-refractivity contribution >= 4 is 40.2 Å². The second-order valence-electron chi connectivity index (χ2n) is 6.16. The summed E-state index contributed by atoms with van der Waals surface area (Å²) in [6, 6.07) is 14.5. The van der Waals surface area contributed by atoms with Crippen LogP contribution in [-0.4, -0.2) is 27.3 Å². The topological polar surface area (TPSA) is 64.0 Å². The Morgan fingerprint density at radius 3 is 2.65 bits per heavy atom. The van der Waals surface area contributed by atoms with Gasteiger partial charge < -0.3 is 5.32 Å². The van der Waals surface area contributed by atoms with E-state index in [2.05, 4.69) is 10.3 Å². The zero-order valence-electron chi connectivity index (χ0n) is 13.8. The summed E-state index contributed by atoms with van der Waals surface area (Å²) in [5.74, 6) is 0.178. The summed E-state index contributed by atoms with van der Waals surface area (Å²) in [5, 5.41) is 4.57. The molecule has 1 amide bonds. The fraction of sp³-hybridized carbons (Fsp3) is 0.211. The predicted octanol–water partition coefficient (Wildman–Crippen LogP) is 3.41. The molecule has 1 aliphatic carbocycles. The normalized spacial score (nSPS) is 13.7. The van der Waals surface area contributed by atoms with Crippen molar-refractivity contribution in [3.05, 3.63) is 63.9 Å². The van der Waals surface area contributed by atoms with E-state index in [-0.39, 0.29) is 17.2 Å². The zero-order chi connectivity index (χ0) is 18.1. The van der Waals surface area contributed by atoms with Gasteiger partial charge in [-0.3, -0.25) is 14.2 Å². The van der Waals surface area contributed by atoms with Gasteiger partial charge in [-0.15, -0.1) is 0 Å². The van der Waals surface area contributed by atoms with Crippen LogP contribution < -0.4 is 10.9 Å². The number of carbonyl (C=O) groups excluding carboxylic acids is 1. The molecule has 1 heterocycles. The smallest absolute Gasteiger partial charge is 0.266 e. The Morgan fingerprint density at radius 1 is 1.19 bits per heavy atom. The highest BCUT2D eigenvalue weighted by Crippen LogP contribution is 2.23. The lowest BCUT2D eigenvalue weighted by Crippen LogP contribution is -2.28. The Labute approximate surface area is 159 Å². The van der Waals surface area contributed by atoms with Gasteiger partial charge in [0.05, 0.1) is 22.3 Å². The lowest BCUT2D eigenvalue weighted by molar-refractivity contribution is -0.118. The number of rotatable bonds is 5. The summed E-state index contributed by atoms with van der Waals surface area (Å²) in [6.45, 7) is 0. The first-order chi connectivity index (χ1) is 12.6. The standard InChI is InChI=1S/C19H16ClN3O2S/c20-12-5-9-14(10-6-12)23-18(25)15-3-1-2-4-16(15)22-19(23)26-11-17(24)21-13-7-8-13/h1-6,9-10,13H,7-8,11H2,(H,21,24). The third kappa shape index (κ3) is 3.61. The molecular formula is C19H16ClN3O2S. The lowest BCUT2D eigenvalue weighted by atomic mass is 10.2. The number of amides is 1. The first-order valence-electron chi connectivity index (χ1n) is 8.32. The number of fused-ring (bicyclic) bond motifs is 1. The van der Waals surface area contributed by atoms with Crippen LogP contribution in [0.25, 0.3) is 16.6 Å². The molecule has 1 aromatic heterocycles. The molecule has 1 saturated carbocycles. The molecule has 132 valence electrons. The minimum Gasteiger partial charge on any atom is -0.353 e. The van der Waals surface area contributed by atoms with E-state index in [1.807, 2.05) is 12.1 Å². The van der Waals surface area contributed by atoms with Crippen molar-refractivity contribution in [3.63, 3.8) is 0 Å². The molecule has 26 heavy (non-hydrogen) atoms. The minimum atomic E-state index is -0.164. The highest BCUT2D eigenvalue weighted by atomic mass is 35.5. The Balaban J connectivity index is 1.75. The van der Waals surface area contributed by atoms with E-state index in [1.54, 1.807) is 36.4 Å². The number of halogens is 1. The van der Waals surface area contributed by atoms with Crippen molar-refractivity contribution in [3.8, 4) is 5.69 Å². The molecule has 0 radical (unpaired) electrons. The van der Waals surface area contributed by atoms with Crippen molar-refractivity contribution in [1.29, 1.82) is 0 Å². The van der Waals surface area contributed by atoms with Gasteiger partial charge in [-0.05, 0) is 49.2 Å². The number of aromatic nitrogens is 2. The van der Waals surface area contributed by atoms with Crippen molar-refractivity contribution in [2.45, 2.75) is 24.0 Å². The maximum atomic E-state index is 13.0. The van der Waals surface area contributed by atoms with Crippen molar-refractivity contribution < 1.29 is 4.79 Å². The fourth-order valence-electron chi connectivity index (χ4n) is 2.65. The number of thioether (sulfide) groups is 1. The number of hydrogen-bond donors (Lipinski definition) is 1. The van der Waals surface area contributed by atoms with E-state index >= 15 is 0 Å². The van der Waals surface area contributed by atoms with Gasteiger partial charge >= 0.3 is 0 Å². The van der Waals surface area contributed by atoms with Crippen molar-refractivity contribution in [1.82, 2.24) is 14.9 Å². The van der Waals surface area contributed by atoms with E-state index in [1.165, 1.54) is 16.3 Å². The van der Waals surface area contributed by atoms with Crippen LogP contribution in [0.3, 0.4) is 0 Å². The largest absolute Gasteiger partial charge is 0.353 e. The van der Waals surface area contributed by atoms with Crippen LogP contribution in [-0.2, 0) is 4.79 Å². The highest BCUT2D eigenvalue weighted by Gasteiger charge is 2.23. The molecule has 3 aromatic rings. The molecule has 1 fully saturated rings. The molecule has 0 atom stereocenters. The van der Waals surface area contributed by atoms with Gasteiger partial charge in [0, 0.05) is 11.1 Å². The van der Waals surface area contributed by atoms with Gasteiger partial charge in [0.15, 0.2) is 5.16 Å². The van der Waals surface area contributed by atoms with Crippen LogP contribution in [0.4, 0.5) is 0 Å². The molecule has 1 aliphatic rings. The summed E-state index contributed by atoms with van der Waals surface area (Å²) in [5.41, 5.74) is 1.12. The van der Waals surface area contributed by atoms with Gasteiger partial charge in [0.2, 0.25) is 5.91 Å². The summed E-state index contributed by atoms with van der Waals surface area (Å²) in [6.07, 6.45) is 2.08. The monoisotopic (exact) mass is 385 g/mol. The SMILES string of the molecule is O=C(CSc1nc2ccccc2c(=O)n1-c1ccc(Cl)cc1)NC1CC1. The Kier molecular flexibility index (Phi) is 4.70. The Morgan fingerprint density at radius 2 is 1.92 bits per heavy atom. The first kappa shape index (κ1) is 17.1. The summed E-state index contributed by atoms with van der Waals surface area (Å²) < 4.78 is 1.54. The van der Waals surface area contributed by atoms with Gasteiger partial charge in [-0.1, -0.05) is 35.5 Å². The molecule has 0 unspecified atom stereocenters. The van der Waals surface area contributed by atoms with E-state index in [0.717, 1.165) is 12.8 Å². The molecule has 7 heteroatoms. The molecule has 0 bridgehead atoms. The summed E-state index contributed by atoms with van der Waals surface area (Å²) >= 11 is 7.23. The predicted molar refractivity (Wildman–Crippen MR) is 104 cm³/mol. The van der Waals surface area contributed by atoms with Gasteiger partial charge in [0.25, 0.3) is 5.56 Å². The van der Waals surface area contributed by atoms with E-state index in [4.69, 9.17) is 11.6 Å². The molecule has 5 nitrogen and oxygen atoms in total. The number of carbonyl (C=O) groups is 1. The minimum absolute atomic E-state index is 0.0393. The van der Waals surface area contributed by atoms with Crippen LogP contribution in [0.5, 0.6) is 0 Å². The van der Waals surface area contributed by atoms with Gasteiger partial charge in [-0.25, -0.2) is 4.98 Å². The lowest BCUT2D eigenvalue weighted by Gasteiger charge is -2.13. The Hall–Kier alpha value is -2.31. The number of benzene rings is 2. The van der Waals surface area contributed by atoms with Crippen LogP contribution in [0.15, 0.2) is 58.5 Å². The quantitative estimate of drug-likeness (QED) is 0.540. The van der Waals surface area contributed by atoms with Crippen LogP contribution >= 0.6 is 23.4 Å². The highest BCUT2D eigenvalue weighted by molar-refractivity contribution is 7.99. The molecule has 0 aliphatic heterocycles. The molecule has 1 N–H and O–H groups in total. The third-order valence-corrected chi connectivity index (χ3v) is 5.30. The number of para-hydroxylation sites is 1. The first-order valence-corrected chi connectivity index (χ1v) is 9.68. The second kappa shape index (κ2) is 7.13. The third-order valence-electron chi connectivity index (χ3n) is 4.10. The molecular weight excluding hydrogens is 370 g/mol. The van der Waals surface area contributed by atoms with Gasteiger partial charge in [0.1, 0.15) is 0 Å². The average molecular weight is 386 g/mol. The summed E-state index contributed by atoms with van der Waals surface area (Å²) in [7, 11) is 0. The van der Waals surface area contributed by atoms with Crippen LogP contribution in [0.2, 0.25) is 5.02 Å². The zero-order valence-corrected chi connectivity index (χ0v) is 15.4. The van der Waals surface area contributed by atoms with Gasteiger partial charge in [-0.2, -0.15) is 0 Å². The molecule has 0 saturated heterocycles. The summed E-state index contributed by atoms with van der Waals surface area (Å²) in [4.78, 5) is 29.7. The van der Waals surface area contributed by atoms with E-state index in [0.29, 0.717) is 32.8 Å². The van der Waals surface area contributed by atoms with E-state index < -0.39 is 0 Å². The number of hydrogen-bond acceptors (Lipinski definition) is 4. The maximum Gasteiger partial charge on any atom is 0.266 e. The fourth-order valence-corrected chi connectivity index (χ4v) is 3.60. The maximum absolute atomic E-state index is 13.0. The number of nitrogens with zero attached hydrogens (tertiary/aromatic N) is 2. The molecule has 4 rings (SSSR count). The Bertz CT molecular complexity index is 1030. The van der Waals surface area contributed by atoms with E-state index in [9.17, 15) is 9.59 Å². The number of nitrogens with one attached hydrogen (secondary N) is 1. The van der Waals surface area contributed by atoms with Crippen molar-refractivity contribution in [2.24, 2.45) is 0 Å². The van der Waals surface area contributed by atoms with Crippen LogP contribution in [0.1, 0.15) is 12.8 Å². The second-order valence-corrected chi connectivity index (χ2v) is 7.54.